The largest absolute Gasteiger partial charge is 0.418 e. The molecular weight excluding hydrogens is 522 g/mol. The molecule has 1 saturated heterocycles. The van der Waals surface area contributed by atoms with Gasteiger partial charge < -0.3 is 10.6 Å². The van der Waals surface area contributed by atoms with Crippen molar-refractivity contribution in [3.05, 3.63) is 65.7 Å². The number of sulfonamides is 1. The van der Waals surface area contributed by atoms with Gasteiger partial charge in [0.1, 0.15) is 17.8 Å². The number of anilines is 2. The molecule has 7 nitrogen and oxygen atoms in total. The molecule has 0 spiro atoms. The van der Waals surface area contributed by atoms with Gasteiger partial charge in [0.2, 0.25) is 0 Å². The number of alkyl halides is 4. The fourth-order valence-electron chi connectivity index (χ4n) is 3.80. The molecule has 0 unspecified atom stereocenters. The van der Waals surface area contributed by atoms with E-state index < -0.39 is 34.0 Å². The first-order valence-corrected chi connectivity index (χ1v) is 12.3. The van der Waals surface area contributed by atoms with E-state index in [2.05, 4.69) is 25.3 Å². The quantitative estimate of drug-likeness (QED) is 0.385. The minimum absolute atomic E-state index is 0. The lowest BCUT2D eigenvalue weighted by atomic mass is 10.0. The third kappa shape index (κ3) is 6.23. The summed E-state index contributed by atoms with van der Waals surface area (Å²) in [4.78, 5) is 8.06. The van der Waals surface area contributed by atoms with E-state index in [9.17, 15) is 26.0 Å². The molecule has 4 rings (SSSR count). The zero-order chi connectivity index (χ0) is 25.2. The highest BCUT2D eigenvalue weighted by molar-refractivity contribution is 7.92. The van der Waals surface area contributed by atoms with E-state index >= 15 is 0 Å². The molecule has 1 aromatic carbocycles. The summed E-state index contributed by atoms with van der Waals surface area (Å²) in [6.07, 6.45) is -5.36. The Kier molecular flexibility index (Phi) is 8.42. The van der Waals surface area contributed by atoms with Crippen LogP contribution in [0.25, 0.3) is 11.3 Å². The fraction of sp³-hybridized carbons (Fsp3) is 0.304. The second-order valence-electron chi connectivity index (χ2n) is 8.13. The summed E-state index contributed by atoms with van der Waals surface area (Å²) in [6, 6.07) is 11.8. The van der Waals surface area contributed by atoms with Crippen molar-refractivity contribution in [2.24, 2.45) is 0 Å². The van der Waals surface area contributed by atoms with Crippen LogP contribution < -0.4 is 15.4 Å². The van der Waals surface area contributed by atoms with Crippen LogP contribution in [-0.4, -0.2) is 43.7 Å². The molecule has 1 aliphatic heterocycles. The van der Waals surface area contributed by atoms with Crippen molar-refractivity contribution < 1.29 is 26.0 Å². The van der Waals surface area contributed by atoms with E-state index in [1.54, 1.807) is 25.1 Å². The smallest absolute Gasteiger partial charge is 0.364 e. The van der Waals surface area contributed by atoms with Gasteiger partial charge >= 0.3 is 6.18 Å². The van der Waals surface area contributed by atoms with Crippen LogP contribution in [0.5, 0.6) is 0 Å². The summed E-state index contributed by atoms with van der Waals surface area (Å²) in [5.74, 6) is -0.123. The van der Waals surface area contributed by atoms with Crippen molar-refractivity contribution in [2.75, 3.05) is 23.1 Å². The second kappa shape index (κ2) is 11.0. The molecule has 3 heterocycles. The lowest BCUT2D eigenvalue weighted by Crippen LogP contribution is -2.45. The van der Waals surface area contributed by atoms with E-state index in [-0.39, 0.29) is 46.9 Å². The molecule has 3 N–H and O–H groups in total. The van der Waals surface area contributed by atoms with Crippen molar-refractivity contribution in [2.45, 2.75) is 36.8 Å². The number of aromatic nitrogens is 2. The summed E-state index contributed by atoms with van der Waals surface area (Å²) in [5.41, 5.74) is -0.594. The number of halogens is 5. The number of pyridine rings is 2. The Morgan fingerprint density at radius 3 is 2.44 bits per heavy atom. The van der Waals surface area contributed by atoms with Crippen LogP contribution in [0, 0.1) is 6.92 Å². The Morgan fingerprint density at radius 2 is 1.75 bits per heavy atom. The van der Waals surface area contributed by atoms with Crippen molar-refractivity contribution in [3.8, 4) is 11.3 Å². The maximum Gasteiger partial charge on any atom is 0.418 e. The highest BCUT2D eigenvalue weighted by Crippen LogP contribution is 2.38. The van der Waals surface area contributed by atoms with E-state index in [0.29, 0.717) is 18.5 Å². The lowest BCUT2D eigenvalue weighted by molar-refractivity contribution is -0.137. The molecule has 0 aliphatic carbocycles. The molecule has 1 fully saturated rings. The standard InChI is InChI=1S/C23H23F4N5O2S.ClH/c1-14-5-2-3-6-15(14)22-16(23(25,26)27)9-10-20(31-22)32-35(33,34)21-8-4-7-19(30-21)29-18-11-12-28-13-17(18)24;/h2-10,17-18,28H,11-13H2,1H3,(H,29,30)(H,31,32);1H/t17-,18+;/m0./s1. The number of hydrogen-bond acceptors (Lipinski definition) is 6. The van der Waals surface area contributed by atoms with Gasteiger partial charge in [-0.15, -0.1) is 12.4 Å². The van der Waals surface area contributed by atoms with Crippen LogP contribution in [0.3, 0.4) is 0 Å². The zero-order valence-corrected chi connectivity index (χ0v) is 20.6. The number of hydrogen-bond donors (Lipinski definition) is 3. The SMILES string of the molecule is Cc1ccccc1-c1nc(NS(=O)(=O)c2cccc(N[C@@H]3CCNC[C@@H]3F)n2)ccc1C(F)(F)F.Cl. The summed E-state index contributed by atoms with van der Waals surface area (Å²) < 4.78 is 83.1. The summed E-state index contributed by atoms with van der Waals surface area (Å²) in [6.45, 7) is 2.43. The predicted molar refractivity (Wildman–Crippen MR) is 131 cm³/mol. The van der Waals surface area contributed by atoms with Crippen molar-refractivity contribution in [1.29, 1.82) is 0 Å². The molecule has 0 radical (unpaired) electrons. The normalized spacial score (nSPS) is 18.2. The minimum atomic E-state index is -4.69. The molecule has 2 atom stereocenters. The number of aryl methyl sites for hydroxylation is 1. The van der Waals surface area contributed by atoms with Crippen molar-refractivity contribution in [3.63, 3.8) is 0 Å². The van der Waals surface area contributed by atoms with Gasteiger partial charge in [0.25, 0.3) is 10.0 Å². The van der Waals surface area contributed by atoms with E-state index in [1.807, 2.05) is 0 Å². The molecule has 194 valence electrons. The molecule has 3 aromatic rings. The first kappa shape index (κ1) is 27.6. The Morgan fingerprint density at radius 1 is 1.00 bits per heavy atom. The number of rotatable bonds is 6. The van der Waals surface area contributed by atoms with Crippen molar-refractivity contribution >= 4 is 34.1 Å². The average molecular weight is 546 g/mol. The average Bonchev–Trinajstić information content (AvgIpc) is 2.80. The van der Waals surface area contributed by atoms with E-state index in [1.165, 1.54) is 24.3 Å². The monoisotopic (exact) mass is 545 g/mol. The van der Waals surface area contributed by atoms with E-state index in [0.717, 1.165) is 12.1 Å². The van der Waals surface area contributed by atoms with Gasteiger partial charge in [0.05, 0.1) is 17.3 Å². The van der Waals surface area contributed by atoms with Gasteiger partial charge in [-0.05, 0) is 49.7 Å². The van der Waals surface area contributed by atoms with Crippen LogP contribution in [0.4, 0.5) is 29.2 Å². The maximum absolute atomic E-state index is 14.1. The summed E-state index contributed by atoms with van der Waals surface area (Å²) >= 11 is 0. The van der Waals surface area contributed by atoms with Crippen LogP contribution in [0.2, 0.25) is 0 Å². The first-order chi connectivity index (χ1) is 16.5. The second-order valence-corrected chi connectivity index (χ2v) is 9.76. The third-order valence-electron chi connectivity index (χ3n) is 5.58. The topological polar surface area (TPSA) is 96.0 Å². The molecule has 1 aliphatic rings. The number of piperidine rings is 1. The Balaban J connectivity index is 0.00000361. The number of nitrogens with one attached hydrogen (secondary N) is 3. The van der Waals surface area contributed by atoms with Crippen LogP contribution in [-0.2, 0) is 16.2 Å². The Labute approximate surface area is 212 Å². The van der Waals surface area contributed by atoms with Gasteiger partial charge in [-0.1, -0.05) is 30.3 Å². The zero-order valence-electron chi connectivity index (χ0n) is 19.0. The molecule has 2 aromatic heterocycles. The van der Waals surface area contributed by atoms with Crippen molar-refractivity contribution in [1.82, 2.24) is 15.3 Å². The maximum atomic E-state index is 14.1. The van der Waals surface area contributed by atoms with Gasteiger partial charge in [0, 0.05) is 12.1 Å². The summed E-state index contributed by atoms with van der Waals surface area (Å²) in [7, 11) is -4.30. The lowest BCUT2D eigenvalue weighted by Gasteiger charge is -2.27. The molecule has 0 saturated carbocycles. The Bertz CT molecular complexity index is 1320. The minimum Gasteiger partial charge on any atom is -0.364 e. The predicted octanol–water partition coefficient (Wildman–Crippen LogP) is 4.81. The summed E-state index contributed by atoms with van der Waals surface area (Å²) in [5, 5.41) is 5.45. The van der Waals surface area contributed by atoms with E-state index in [4.69, 9.17) is 0 Å². The van der Waals surface area contributed by atoms with Crippen LogP contribution >= 0.6 is 12.4 Å². The highest BCUT2D eigenvalue weighted by atomic mass is 35.5. The number of nitrogens with zero attached hydrogens (tertiary/aromatic N) is 2. The number of benzene rings is 1. The van der Waals surface area contributed by atoms with Crippen LogP contribution in [0.15, 0.2) is 59.6 Å². The van der Waals surface area contributed by atoms with Crippen LogP contribution in [0.1, 0.15) is 17.5 Å². The third-order valence-corrected chi connectivity index (χ3v) is 6.84. The van der Waals surface area contributed by atoms with Gasteiger partial charge in [-0.3, -0.25) is 4.72 Å². The molecular formula is C23H24ClF4N5O2S. The molecule has 13 heteroatoms. The first-order valence-electron chi connectivity index (χ1n) is 10.8. The van der Waals surface area contributed by atoms with Gasteiger partial charge in [0.15, 0.2) is 5.03 Å². The molecule has 0 bridgehead atoms. The highest BCUT2D eigenvalue weighted by Gasteiger charge is 2.35. The van der Waals surface area contributed by atoms with Gasteiger partial charge in [-0.2, -0.15) is 21.6 Å². The fourth-order valence-corrected chi connectivity index (χ4v) is 4.77. The van der Waals surface area contributed by atoms with Gasteiger partial charge in [-0.25, -0.2) is 14.4 Å². The molecule has 36 heavy (non-hydrogen) atoms. The Hall–Kier alpha value is -2.96. The molecule has 0 amide bonds.